The summed E-state index contributed by atoms with van der Waals surface area (Å²) in [7, 11) is -2.90. The Morgan fingerprint density at radius 2 is 2.33 bits per heavy atom. The normalized spacial score (nSPS) is 26.6. The average molecular weight is 193 g/mol. The van der Waals surface area contributed by atoms with Gasteiger partial charge < -0.3 is 10.1 Å². The maximum atomic E-state index is 10.9. The summed E-state index contributed by atoms with van der Waals surface area (Å²) in [5.41, 5.74) is 0. The van der Waals surface area contributed by atoms with Crippen LogP contribution >= 0.6 is 0 Å². The van der Waals surface area contributed by atoms with Crippen LogP contribution in [0.5, 0.6) is 0 Å². The third-order valence-corrected chi connectivity index (χ3v) is 2.69. The fourth-order valence-corrected chi connectivity index (χ4v) is 2.10. The van der Waals surface area contributed by atoms with Crippen molar-refractivity contribution >= 4 is 9.84 Å². The highest BCUT2D eigenvalue weighted by Crippen LogP contribution is 2.00. The molecule has 1 heterocycles. The highest BCUT2D eigenvalue weighted by atomic mass is 32.2. The topological polar surface area (TPSA) is 55.4 Å². The molecule has 72 valence electrons. The molecule has 1 fully saturated rings. The van der Waals surface area contributed by atoms with Gasteiger partial charge in [-0.25, -0.2) is 8.42 Å². The number of sulfone groups is 1. The van der Waals surface area contributed by atoms with Gasteiger partial charge in [-0.15, -0.1) is 0 Å². The van der Waals surface area contributed by atoms with E-state index in [-0.39, 0.29) is 11.9 Å². The molecule has 1 aliphatic rings. The Hall–Kier alpha value is -0.130. The Morgan fingerprint density at radius 3 is 3.00 bits per heavy atom. The van der Waals surface area contributed by atoms with Crippen LogP contribution in [0.3, 0.4) is 0 Å². The second-order valence-electron chi connectivity index (χ2n) is 3.14. The Labute approximate surface area is 73.2 Å². The molecule has 12 heavy (non-hydrogen) atoms. The largest absolute Gasteiger partial charge is 0.376 e. The Bertz CT molecular complexity index is 217. The summed E-state index contributed by atoms with van der Waals surface area (Å²) in [4.78, 5) is 0. The molecule has 0 saturated carbocycles. The second-order valence-corrected chi connectivity index (χ2v) is 5.33. The molecule has 1 saturated heterocycles. The maximum Gasteiger partial charge on any atom is 0.150 e. The molecule has 1 atom stereocenters. The lowest BCUT2D eigenvalue weighted by Crippen LogP contribution is -2.32. The first-order valence-corrected chi connectivity index (χ1v) is 6.14. The zero-order chi connectivity index (χ0) is 9.03. The summed E-state index contributed by atoms with van der Waals surface area (Å²) in [6.07, 6.45) is 2.03. The number of ether oxygens (including phenoxy) is 1. The summed E-state index contributed by atoms with van der Waals surface area (Å²) in [6, 6.07) is 0. The van der Waals surface area contributed by atoms with Crippen LogP contribution in [-0.4, -0.2) is 46.2 Å². The highest BCUT2D eigenvalue weighted by molar-refractivity contribution is 7.90. The molecule has 1 aliphatic heterocycles. The first-order chi connectivity index (χ1) is 5.58. The van der Waals surface area contributed by atoms with E-state index in [1.54, 1.807) is 0 Å². The summed E-state index contributed by atoms with van der Waals surface area (Å²) in [5, 5.41) is 3.13. The van der Waals surface area contributed by atoms with Crippen LogP contribution < -0.4 is 5.32 Å². The monoisotopic (exact) mass is 193 g/mol. The number of hydrogen-bond donors (Lipinski definition) is 1. The molecule has 4 nitrogen and oxygen atoms in total. The maximum absolute atomic E-state index is 10.9. The summed E-state index contributed by atoms with van der Waals surface area (Å²) in [5.74, 6) is 0.125. The van der Waals surface area contributed by atoms with E-state index >= 15 is 0 Å². The van der Waals surface area contributed by atoms with Crippen LogP contribution in [0.25, 0.3) is 0 Å². The van der Waals surface area contributed by atoms with Gasteiger partial charge in [-0.05, 0) is 13.0 Å². The molecular formula is C7H15NO3S. The SMILES string of the molecule is CS(=O)(=O)CC1CNCCCO1. The van der Waals surface area contributed by atoms with E-state index in [0.29, 0.717) is 13.2 Å². The van der Waals surface area contributed by atoms with Crippen molar-refractivity contribution in [2.24, 2.45) is 0 Å². The number of rotatable bonds is 2. The van der Waals surface area contributed by atoms with Crippen molar-refractivity contribution in [1.29, 1.82) is 0 Å². The van der Waals surface area contributed by atoms with Gasteiger partial charge in [0.25, 0.3) is 0 Å². The van der Waals surface area contributed by atoms with Crippen molar-refractivity contribution in [3.8, 4) is 0 Å². The van der Waals surface area contributed by atoms with E-state index in [0.717, 1.165) is 13.0 Å². The molecule has 5 heteroatoms. The van der Waals surface area contributed by atoms with E-state index in [2.05, 4.69) is 5.32 Å². The summed E-state index contributed by atoms with van der Waals surface area (Å²) in [6.45, 7) is 2.22. The van der Waals surface area contributed by atoms with Crippen molar-refractivity contribution in [3.63, 3.8) is 0 Å². The first-order valence-electron chi connectivity index (χ1n) is 4.08. The molecule has 0 bridgehead atoms. The van der Waals surface area contributed by atoms with Gasteiger partial charge >= 0.3 is 0 Å². The zero-order valence-corrected chi connectivity index (χ0v) is 8.06. The number of nitrogens with one attached hydrogen (secondary N) is 1. The lowest BCUT2D eigenvalue weighted by Gasteiger charge is -2.12. The van der Waals surface area contributed by atoms with Crippen LogP contribution in [0.2, 0.25) is 0 Å². The predicted molar refractivity (Wildman–Crippen MR) is 46.9 cm³/mol. The van der Waals surface area contributed by atoms with Crippen LogP contribution in [-0.2, 0) is 14.6 Å². The van der Waals surface area contributed by atoms with Crippen LogP contribution in [0, 0.1) is 0 Å². The van der Waals surface area contributed by atoms with Crippen molar-refractivity contribution in [1.82, 2.24) is 5.32 Å². The first kappa shape index (κ1) is 9.95. The average Bonchev–Trinajstić information content (AvgIpc) is 2.12. The van der Waals surface area contributed by atoms with Crippen LogP contribution in [0.1, 0.15) is 6.42 Å². The van der Waals surface area contributed by atoms with E-state index in [4.69, 9.17) is 4.74 Å². The third-order valence-electron chi connectivity index (χ3n) is 1.71. The molecule has 1 rings (SSSR count). The van der Waals surface area contributed by atoms with Crippen molar-refractivity contribution in [3.05, 3.63) is 0 Å². The minimum atomic E-state index is -2.90. The summed E-state index contributed by atoms with van der Waals surface area (Å²) < 4.78 is 27.1. The smallest absolute Gasteiger partial charge is 0.150 e. The molecule has 0 amide bonds. The van der Waals surface area contributed by atoms with Gasteiger partial charge in [0.05, 0.1) is 11.9 Å². The standard InChI is InChI=1S/C7H15NO3S/c1-12(9,10)6-7-5-8-3-2-4-11-7/h7-8H,2-6H2,1H3. The Morgan fingerprint density at radius 1 is 1.58 bits per heavy atom. The van der Waals surface area contributed by atoms with Gasteiger partial charge in [0, 0.05) is 19.4 Å². The zero-order valence-electron chi connectivity index (χ0n) is 7.25. The fourth-order valence-electron chi connectivity index (χ4n) is 1.21. The molecule has 1 unspecified atom stereocenters. The number of hydrogen-bond acceptors (Lipinski definition) is 4. The van der Waals surface area contributed by atoms with Gasteiger partial charge in [0.1, 0.15) is 9.84 Å². The van der Waals surface area contributed by atoms with Crippen molar-refractivity contribution in [2.75, 3.05) is 31.7 Å². The van der Waals surface area contributed by atoms with Crippen LogP contribution in [0.4, 0.5) is 0 Å². The molecule has 0 spiro atoms. The molecule has 0 aromatic rings. The van der Waals surface area contributed by atoms with E-state index in [1.165, 1.54) is 6.26 Å². The quantitative estimate of drug-likeness (QED) is 0.637. The minimum Gasteiger partial charge on any atom is -0.376 e. The van der Waals surface area contributed by atoms with Gasteiger partial charge in [-0.1, -0.05) is 0 Å². The Balaban J connectivity index is 2.40. The van der Waals surface area contributed by atoms with Gasteiger partial charge in [0.15, 0.2) is 0 Å². The Kier molecular flexibility index (Phi) is 3.49. The molecule has 0 radical (unpaired) electrons. The predicted octanol–water partition coefficient (Wildman–Crippen LogP) is -0.591. The van der Waals surface area contributed by atoms with Crippen LogP contribution in [0.15, 0.2) is 0 Å². The van der Waals surface area contributed by atoms with Crippen molar-refractivity contribution < 1.29 is 13.2 Å². The van der Waals surface area contributed by atoms with Gasteiger partial charge in [-0.3, -0.25) is 0 Å². The highest BCUT2D eigenvalue weighted by Gasteiger charge is 2.17. The molecule has 0 aromatic carbocycles. The lowest BCUT2D eigenvalue weighted by atomic mass is 10.4. The fraction of sp³-hybridized carbons (Fsp3) is 1.00. The lowest BCUT2D eigenvalue weighted by molar-refractivity contribution is 0.0825. The summed E-state index contributed by atoms with van der Waals surface area (Å²) >= 11 is 0. The van der Waals surface area contributed by atoms with E-state index in [1.807, 2.05) is 0 Å². The molecular weight excluding hydrogens is 178 g/mol. The van der Waals surface area contributed by atoms with E-state index < -0.39 is 9.84 Å². The minimum absolute atomic E-state index is 0.125. The van der Waals surface area contributed by atoms with E-state index in [9.17, 15) is 8.42 Å². The molecule has 0 aliphatic carbocycles. The van der Waals surface area contributed by atoms with Gasteiger partial charge in [0.2, 0.25) is 0 Å². The third kappa shape index (κ3) is 4.04. The second kappa shape index (κ2) is 4.20. The van der Waals surface area contributed by atoms with Crippen molar-refractivity contribution in [2.45, 2.75) is 12.5 Å². The molecule has 1 N–H and O–H groups in total. The van der Waals surface area contributed by atoms with Gasteiger partial charge in [-0.2, -0.15) is 0 Å². The molecule has 0 aromatic heterocycles.